The Morgan fingerprint density at radius 2 is 2.06 bits per heavy atom. The van der Waals surface area contributed by atoms with Crippen molar-refractivity contribution in [1.82, 2.24) is 5.32 Å². The zero-order valence-corrected chi connectivity index (χ0v) is 11.1. The predicted molar refractivity (Wildman–Crippen MR) is 71.0 cm³/mol. The first-order valence-electron chi connectivity index (χ1n) is 5.04. The average molecular weight is 258 g/mol. The van der Waals surface area contributed by atoms with Gasteiger partial charge in [-0.2, -0.15) is 11.8 Å². The Morgan fingerprint density at radius 1 is 1.44 bits per heavy atom. The van der Waals surface area contributed by atoms with Gasteiger partial charge < -0.3 is 5.32 Å². The Labute approximate surface area is 106 Å². The molecule has 1 atom stereocenters. The molecule has 2 nitrogen and oxygen atoms in total. The lowest BCUT2D eigenvalue weighted by molar-refractivity contribution is -0.120. The van der Waals surface area contributed by atoms with Crippen LogP contribution in [0.4, 0.5) is 0 Å². The summed E-state index contributed by atoms with van der Waals surface area (Å²) < 4.78 is 0. The van der Waals surface area contributed by atoms with Crippen molar-refractivity contribution in [2.24, 2.45) is 0 Å². The van der Waals surface area contributed by atoms with Crippen molar-refractivity contribution in [3.8, 4) is 0 Å². The molecule has 0 saturated heterocycles. The van der Waals surface area contributed by atoms with Crippen LogP contribution in [-0.2, 0) is 10.3 Å². The summed E-state index contributed by atoms with van der Waals surface area (Å²) in [5.41, 5.74) is 0.537. The Morgan fingerprint density at radius 3 is 2.56 bits per heavy atom. The highest BCUT2D eigenvalue weighted by molar-refractivity contribution is 7.99. The van der Waals surface area contributed by atoms with Gasteiger partial charge in [-0.3, -0.25) is 4.79 Å². The van der Waals surface area contributed by atoms with Crippen LogP contribution < -0.4 is 5.32 Å². The van der Waals surface area contributed by atoms with Crippen LogP contribution in [-0.4, -0.2) is 23.8 Å². The summed E-state index contributed by atoms with van der Waals surface area (Å²) in [7, 11) is 0. The number of halogens is 1. The van der Waals surface area contributed by atoms with Crippen LogP contribution in [0.1, 0.15) is 12.5 Å². The number of benzene rings is 1. The number of amides is 1. The Kier molecular flexibility index (Phi) is 5.16. The van der Waals surface area contributed by atoms with E-state index >= 15 is 0 Å². The van der Waals surface area contributed by atoms with E-state index < -0.39 is 5.54 Å². The highest BCUT2D eigenvalue weighted by Crippen LogP contribution is 2.22. The molecular weight excluding hydrogens is 242 g/mol. The summed E-state index contributed by atoms with van der Waals surface area (Å²) in [5, 5.41) is 2.97. The van der Waals surface area contributed by atoms with Gasteiger partial charge in [-0.15, -0.1) is 11.6 Å². The number of hydrogen-bond donors (Lipinski definition) is 1. The highest BCUT2D eigenvalue weighted by atomic mass is 35.5. The molecule has 0 aliphatic carbocycles. The molecule has 0 spiro atoms. The van der Waals surface area contributed by atoms with E-state index in [1.807, 2.05) is 43.5 Å². The molecule has 0 aliphatic rings. The lowest BCUT2D eigenvalue weighted by atomic mass is 9.94. The molecule has 16 heavy (non-hydrogen) atoms. The quantitative estimate of drug-likeness (QED) is 0.822. The summed E-state index contributed by atoms with van der Waals surface area (Å²) in [6, 6.07) is 9.78. The monoisotopic (exact) mass is 257 g/mol. The van der Waals surface area contributed by atoms with Crippen molar-refractivity contribution in [3.05, 3.63) is 35.9 Å². The van der Waals surface area contributed by atoms with Crippen molar-refractivity contribution >= 4 is 29.3 Å². The first kappa shape index (κ1) is 13.4. The third-order valence-electron chi connectivity index (χ3n) is 2.37. The molecule has 88 valence electrons. The Balaban J connectivity index is 2.82. The predicted octanol–water partition coefficient (Wildman–Crippen LogP) is 2.62. The first-order chi connectivity index (χ1) is 7.62. The van der Waals surface area contributed by atoms with Crippen molar-refractivity contribution in [2.45, 2.75) is 12.5 Å². The lowest BCUT2D eigenvalue weighted by Gasteiger charge is -2.29. The number of carbonyl (C=O) groups excluding carboxylic acids is 1. The SMILES string of the molecule is CSCC(=O)NC(C)(CCl)c1ccccc1. The molecule has 0 aromatic heterocycles. The summed E-state index contributed by atoms with van der Waals surface area (Å²) in [6.07, 6.45) is 1.90. The molecule has 0 bridgehead atoms. The van der Waals surface area contributed by atoms with E-state index in [1.54, 1.807) is 0 Å². The maximum absolute atomic E-state index is 11.6. The van der Waals surface area contributed by atoms with Crippen LogP contribution in [0.5, 0.6) is 0 Å². The number of rotatable bonds is 5. The molecule has 0 heterocycles. The largest absolute Gasteiger partial charge is 0.345 e. The molecule has 1 rings (SSSR count). The number of alkyl halides is 1. The zero-order chi connectivity index (χ0) is 12.0. The summed E-state index contributed by atoms with van der Waals surface area (Å²) in [4.78, 5) is 11.6. The minimum atomic E-state index is -0.490. The van der Waals surface area contributed by atoms with Crippen LogP contribution in [0.25, 0.3) is 0 Å². The van der Waals surface area contributed by atoms with Crippen LogP contribution in [0.3, 0.4) is 0 Å². The van der Waals surface area contributed by atoms with E-state index in [-0.39, 0.29) is 5.91 Å². The fourth-order valence-corrected chi connectivity index (χ4v) is 2.02. The van der Waals surface area contributed by atoms with Gasteiger partial charge in [0.05, 0.1) is 11.3 Å². The minimum Gasteiger partial charge on any atom is -0.345 e. The van der Waals surface area contributed by atoms with Crippen molar-refractivity contribution in [2.75, 3.05) is 17.9 Å². The maximum atomic E-state index is 11.6. The smallest absolute Gasteiger partial charge is 0.230 e. The van der Waals surface area contributed by atoms with Crippen LogP contribution in [0.15, 0.2) is 30.3 Å². The van der Waals surface area contributed by atoms with Crippen molar-refractivity contribution in [3.63, 3.8) is 0 Å². The molecule has 0 radical (unpaired) electrons. The van der Waals surface area contributed by atoms with Gasteiger partial charge in [0.2, 0.25) is 5.91 Å². The van der Waals surface area contributed by atoms with Crippen LogP contribution in [0.2, 0.25) is 0 Å². The molecule has 0 fully saturated rings. The average Bonchev–Trinajstić information content (AvgIpc) is 2.30. The molecule has 0 saturated carbocycles. The molecule has 1 aromatic rings. The Bertz CT molecular complexity index is 344. The van der Waals surface area contributed by atoms with Gasteiger partial charge in [-0.05, 0) is 18.7 Å². The third kappa shape index (κ3) is 3.42. The van der Waals surface area contributed by atoms with Crippen LogP contribution >= 0.6 is 23.4 Å². The zero-order valence-electron chi connectivity index (χ0n) is 9.50. The van der Waals surface area contributed by atoms with E-state index in [1.165, 1.54) is 11.8 Å². The second-order valence-electron chi connectivity index (χ2n) is 3.81. The normalized spacial score (nSPS) is 14.2. The van der Waals surface area contributed by atoms with Gasteiger partial charge in [0.15, 0.2) is 0 Å². The van der Waals surface area contributed by atoms with E-state index in [4.69, 9.17) is 11.6 Å². The standard InChI is InChI=1S/C12H16ClNOS/c1-12(9-13,14-11(15)8-16-2)10-6-4-3-5-7-10/h3-7H,8-9H2,1-2H3,(H,14,15). The summed E-state index contributed by atoms with van der Waals surface area (Å²) >= 11 is 7.47. The lowest BCUT2D eigenvalue weighted by Crippen LogP contribution is -2.45. The molecule has 1 unspecified atom stereocenters. The Hall–Kier alpha value is -0.670. The summed E-state index contributed by atoms with van der Waals surface area (Å²) in [6.45, 7) is 1.94. The molecular formula is C12H16ClNOS. The van der Waals surface area contributed by atoms with E-state index in [0.717, 1.165) is 5.56 Å². The van der Waals surface area contributed by atoms with Crippen molar-refractivity contribution < 1.29 is 4.79 Å². The second kappa shape index (κ2) is 6.16. The molecule has 4 heteroatoms. The fourth-order valence-electron chi connectivity index (χ4n) is 1.46. The van der Waals surface area contributed by atoms with Gasteiger partial charge in [0, 0.05) is 5.88 Å². The highest BCUT2D eigenvalue weighted by Gasteiger charge is 2.26. The fraction of sp³-hybridized carbons (Fsp3) is 0.417. The maximum Gasteiger partial charge on any atom is 0.230 e. The van der Waals surface area contributed by atoms with Gasteiger partial charge in [0.25, 0.3) is 0 Å². The van der Waals surface area contributed by atoms with Crippen molar-refractivity contribution in [1.29, 1.82) is 0 Å². The number of thioether (sulfide) groups is 1. The van der Waals surface area contributed by atoms with Gasteiger partial charge in [0.1, 0.15) is 0 Å². The topological polar surface area (TPSA) is 29.1 Å². The molecule has 0 aliphatic heterocycles. The van der Waals surface area contributed by atoms with Gasteiger partial charge >= 0.3 is 0 Å². The van der Waals surface area contributed by atoms with E-state index in [9.17, 15) is 4.79 Å². The number of hydrogen-bond acceptors (Lipinski definition) is 2. The summed E-state index contributed by atoms with van der Waals surface area (Å²) in [5.74, 6) is 0.829. The number of nitrogens with one attached hydrogen (secondary N) is 1. The van der Waals surface area contributed by atoms with Gasteiger partial charge in [-0.25, -0.2) is 0 Å². The minimum absolute atomic E-state index is 0.0134. The van der Waals surface area contributed by atoms with Crippen LogP contribution in [0, 0.1) is 0 Å². The van der Waals surface area contributed by atoms with E-state index in [0.29, 0.717) is 11.6 Å². The second-order valence-corrected chi connectivity index (χ2v) is 4.95. The molecule has 1 aromatic carbocycles. The van der Waals surface area contributed by atoms with Gasteiger partial charge in [-0.1, -0.05) is 30.3 Å². The first-order valence-corrected chi connectivity index (χ1v) is 6.96. The number of carbonyl (C=O) groups is 1. The van der Waals surface area contributed by atoms with E-state index in [2.05, 4.69) is 5.32 Å². The molecule has 1 N–H and O–H groups in total. The third-order valence-corrected chi connectivity index (χ3v) is 3.45. The molecule has 1 amide bonds.